The predicted molar refractivity (Wildman–Crippen MR) is 89.3 cm³/mol. The first-order valence-corrected chi connectivity index (χ1v) is 8.56. The van der Waals surface area contributed by atoms with Gasteiger partial charge in [0.1, 0.15) is 5.82 Å². The molecule has 0 radical (unpaired) electrons. The molecule has 2 aliphatic rings. The van der Waals surface area contributed by atoms with Crippen LogP contribution in [0.4, 0.5) is 5.82 Å². The molecule has 0 saturated carbocycles. The van der Waals surface area contributed by atoms with Gasteiger partial charge in [0.2, 0.25) is 5.91 Å². The zero-order valence-corrected chi connectivity index (χ0v) is 13.6. The average Bonchev–Trinajstić information content (AvgIpc) is 2.62. The van der Waals surface area contributed by atoms with E-state index in [9.17, 15) is 9.90 Å². The Morgan fingerprint density at radius 3 is 2.52 bits per heavy atom. The number of likely N-dealkylation sites (tertiary alicyclic amines) is 1. The lowest BCUT2D eigenvalue weighted by Gasteiger charge is -2.36. The molecule has 1 aromatic heterocycles. The van der Waals surface area contributed by atoms with Crippen LogP contribution in [-0.4, -0.2) is 77.7 Å². The highest BCUT2D eigenvalue weighted by Crippen LogP contribution is 2.14. The highest BCUT2D eigenvalue weighted by atomic mass is 16.3. The number of hydrogen-bond donors (Lipinski definition) is 1. The third kappa shape index (κ3) is 4.42. The first-order chi connectivity index (χ1) is 11.2. The van der Waals surface area contributed by atoms with E-state index < -0.39 is 0 Å². The smallest absolute Gasteiger partial charge is 0.223 e. The molecule has 0 aliphatic carbocycles. The highest BCUT2D eigenvalue weighted by molar-refractivity contribution is 5.76. The Balaban J connectivity index is 1.40. The minimum Gasteiger partial charge on any atom is -0.393 e. The van der Waals surface area contributed by atoms with Crippen molar-refractivity contribution in [1.29, 1.82) is 0 Å². The van der Waals surface area contributed by atoms with E-state index in [0.29, 0.717) is 6.42 Å². The minimum atomic E-state index is -0.151. The molecule has 2 fully saturated rings. The molecule has 1 amide bonds. The van der Waals surface area contributed by atoms with E-state index in [0.717, 1.165) is 64.5 Å². The van der Waals surface area contributed by atoms with Crippen LogP contribution in [0.1, 0.15) is 19.3 Å². The molecule has 3 heterocycles. The summed E-state index contributed by atoms with van der Waals surface area (Å²) in [5.41, 5.74) is 0. The number of amides is 1. The predicted octanol–water partition coefficient (Wildman–Crippen LogP) is 0.577. The van der Waals surface area contributed by atoms with E-state index in [1.165, 1.54) is 0 Å². The van der Waals surface area contributed by atoms with Crippen molar-refractivity contribution >= 4 is 11.7 Å². The van der Waals surface area contributed by atoms with Crippen molar-refractivity contribution < 1.29 is 9.90 Å². The molecule has 0 atom stereocenters. The molecular weight excluding hydrogens is 292 g/mol. The van der Waals surface area contributed by atoms with Crippen molar-refractivity contribution in [3.63, 3.8) is 0 Å². The molecule has 0 unspecified atom stereocenters. The van der Waals surface area contributed by atoms with E-state index in [2.05, 4.69) is 14.8 Å². The van der Waals surface area contributed by atoms with Gasteiger partial charge in [0, 0.05) is 58.4 Å². The Morgan fingerprint density at radius 1 is 1.13 bits per heavy atom. The third-order valence-electron chi connectivity index (χ3n) is 4.80. The Kier molecular flexibility index (Phi) is 5.46. The van der Waals surface area contributed by atoms with E-state index in [1.807, 2.05) is 29.3 Å². The first kappa shape index (κ1) is 16.2. The van der Waals surface area contributed by atoms with Crippen LogP contribution < -0.4 is 4.90 Å². The number of aromatic nitrogens is 1. The van der Waals surface area contributed by atoms with Crippen molar-refractivity contribution in [2.75, 3.05) is 50.7 Å². The molecule has 0 bridgehead atoms. The maximum Gasteiger partial charge on any atom is 0.223 e. The molecule has 1 aromatic rings. The summed E-state index contributed by atoms with van der Waals surface area (Å²) in [4.78, 5) is 23.2. The zero-order valence-electron chi connectivity index (χ0n) is 13.6. The van der Waals surface area contributed by atoms with Crippen molar-refractivity contribution in [2.24, 2.45) is 0 Å². The van der Waals surface area contributed by atoms with Gasteiger partial charge in [0.25, 0.3) is 0 Å². The van der Waals surface area contributed by atoms with Gasteiger partial charge in [0.15, 0.2) is 0 Å². The van der Waals surface area contributed by atoms with Crippen molar-refractivity contribution in [3.05, 3.63) is 24.4 Å². The topological polar surface area (TPSA) is 59.9 Å². The van der Waals surface area contributed by atoms with Gasteiger partial charge in [-0.2, -0.15) is 0 Å². The largest absolute Gasteiger partial charge is 0.393 e. The third-order valence-corrected chi connectivity index (χ3v) is 4.80. The quantitative estimate of drug-likeness (QED) is 0.880. The van der Waals surface area contributed by atoms with Crippen LogP contribution in [0.2, 0.25) is 0 Å². The number of anilines is 1. The van der Waals surface area contributed by atoms with Crippen molar-refractivity contribution in [2.45, 2.75) is 25.4 Å². The van der Waals surface area contributed by atoms with Crippen LogP contribution in [0.15, 0.2) is 24.4 Å². The normalized spacial score (nSPS) is 20.7. The second kappa shape index (κ2) is 7.75. The molecule has 2 saturated heterocycles. The summed E-state index contributed by atoms with van der Waals surface area (Å²) in [5, 5.41) is 9.52. The van der Waals surface area contributed by atoms with E-state index in [-0.39, 0.29) is 12.0 Å². The maximum atomic E-state index is 12.4. The van der Waals surface area contributed by atoms with Gasteiger partial charge in [-0.15, -0.1) is 0 Å². The van der Waals surface area contributed by atoms with Crippen LogP contribution in [0.3, 0.4) is 0 Å². The lowest BCUT2D eigenvalue weighted by molar-refractivity contribution is -0.131. The van der Waals surface area contributed by atoms with Gasteiger partial charge in [-0.1, -0.05) is 6.07 Å². The summed E-state index contributed by atoms with van der Waals surface area (Å²) in [7, 11) is 0. The summed E-state index contributed by atoms with van der Waals surface area (Å²) < 4.78 is 0. The highest BCUT2D eigenvalue weighted by Gasteiger charge is 2.23. The van der Waals surface area contributed by atoms with E-state index >= 15 is 0 Å². The Bertz CT molecular complexity index is 495. The standard InChI is InChI=1S/C17H26N4O2/c22-15-4-8-19(9-5-15)10-6-17(23)21-13-11-20(12-14-21)16-3-1-2-7-18-16/h1-3,7,15,22H,4-6,8-14H2. The van der Waals surface area contributed by atoms with Gasteiger partial charge < -0.3 is 19.8 Å². The number of carbonyl (C=O) groups excluding carboxylic acids is 1. The molecule has 0 spiro atoms. The summed E-state index contributed by atoms with van der Waals surface area (Å²) >= 11 is 0. The lowest BCUT2D eigenvalue weighted by Crippen LogP contribution is -2.49. The number of carbonyl (C=O) groups is 1. The molecule has 2 aliphatic heterocycles. The van der Waals surface area contributed by atoms with E-state index in [4.69, 9.17) is 0 Å². The molecule has 1 N–H and O–H groups in total. The molecular formula is C17H26N4O2. The van der Waals surface area contributed by atoms with Crippen LogP contribution >= 0.6 is 0 Å². The van der Waals surface area contributed by atoms with Crippen LogP contribution in [0.5, 0.6) is 0 Å². The number of piperazine rings is 1. The molecule has 0 aromatic carbocycles. The Hall–Kier alpha value is -1.66. The SMILES string of the molecule is O=C(CCN1CCC(O)CC1)N1CCN(c2ccccn2)CC1. The van der Waals surface area contributed by atoms with Crippen molar-refractivity contribution in [1.82, 2.24) is 14.8 Å². The lowest BCUT2D eigenvalue weighted by atomic mass is 10.1. The summed E-state index contributed by atoms with van der Waals surface area (Å²) in [6.45, 7) is 5.86. The summed E-state index contributed by atoms with van der Waals surface area (Å²) in [6, 6.07) is 5.93. The summed E-state index contributed by atoms with van der Waals surface area (Å²) in [6.07, 6.45) is 3.90. The summed E-state index contributed by atoms with van der Waals surface area (Å²) in [5.74, 6) is 1.24. The number of hydrogen-bond acceptors (Lipinski definition) is 5. The monoisotopic (exact) mass is 318 g/mol. The second-order valence-corrected chi connectivity index (χ2v) is 6.38. The van der Waals surface area contributed by atoms with Crippen LogP contribution in [0.25, 0.3) is 0 Å². The fourth-order valence-corrected chi connectivity index (χ4v) is 3.28. The Labute approximate surface area is 137 Å². The van der Waals surface area contributed by atoms with Gasteiger partial charge in [-0.25, -0.2) is 4.98 Å². The van der Waals surface area contributed by atoms with Crippen LogP contribution in [0, 0.1) is 0 Å². The van der Waals surface area contributed by atoms with E-state index in [1.54, 1.807) is 0 Å². The van der Waals surface area contributed by atoms with Gasteiger partial charge in [-0.3, -0.25) is 4.79 Å². The first-order valence-electron chi connectivity index (χ1n) is 8.56. The van der Waals surface area contributed by atoms with Crippen molar-refractivity contribution in [3.8, 4) is 0 Å². The number of nitrogens with zero attached hydrogens (tertiary/aromatic N) is 4. The number of pyridine rings is 1. The number of aliphatic hydroxyl groups excluding tert-OH is 1. The molecule has 126 valence electrons. The Morgan fingerprint density at radius 2 is 1.87 bits per heavy atom. The minimum absolute atomic E-state index is 0.151. The van der Waals surface area contributed by atoms with Gasteiger partial charge in [0.05, 0.1) is 6.10 Å². The van der Waals surface area contributed by atoms with Gasteiger partial charge >= 0.3 is 0 Å². The fourth-order valence-electron chi connectivity index (χ4n) is 3.28. The fraction of sp³-hybridized carbons (Fsp3) is 0.647. The molecule has 3 rings (SSSR count). The number of piperidine rings is 1. The number of rotatable bonds is 4. The molecule has 23 heavy (non-hydrogen) atoms. The zero-order chi connectivity index (χ0) is 16.1. The molecule has 6 heteroatoms. The van der Waals surface area contributed by atoms with Crippen LogP contribution in [-0.2, 0) is 4.79 Å². The second-order valence-electron chi connectivity index (χ2n) is 6.38. The average molecular weight is 318 g/mol. The van der Waals surface area contributed by atoms with Gasteiger partial charge in [-0.05, 0) is 25.0 Å². The number of aliphatic hydroxyl groups is 1. The molecule has 6 nitrogen and oxygen atoms in total. The maximum absolute atomic E-state index is 12.4.